The van der Waals surface area contributed by atoms with Gasteiger partial charge in [0.25, 0.3) is 0 Å². The van der Waals surface area contributed by atoms with Crippen molar-refractivity contribution in [1.82, 2.24) is 4.98 Å². The van der Waals surface area contributed by atoms with Gasteiger partial charge in [-0.2, -0.15) is 0 Å². The minimum atomic E-state index is -0.886. The van der Waals surface area contributed by atoms with Gasteiger partial charge in [-0.1, -0.05) is 30.3 Å². The van der Waals surface area contributed by atoms with E-state index in [4.69, 9.17) is 9.47 Å². The van der Waals surface area contributed by atoms with Crippen LogP contribution in [0.2, 0.25) is 0 Å². The monoisotopic (exact) mass is 259 g/mol. The predicted octanol–water partition coefficient (Wildman–Crippen LogP) is 2.51. The molecule has 0 aliphatic carbocycles. The van der Waals surface area contributed by atoms with Crippen molar-refractivity contribution in [3.05, 3.63) is 59.9 Å². The van der Waals surface area contributed by atoms with Crippen LogP contribution in [0.25, 0.3) is 0 Å². The summed E-state index contributed by atoms with van der Waals surface area (Å²) in [6.45, 7) is 0. The van der Waals surface area contributed by atoms with Crippen molar-refractivity contribution in [3.63, 3.8) is 0 Å². The fourth-order valence-corrected chi connectivity index (χ4v) is 2.03. The van der Waals surface area contributed by atoms with Gasteiger partial charge in [0.2, 0.25) is 0 Å². The molecular formula is C15H17NO3. The Morgan fingerprint density at radius 3 is 2.42 bits per heavy atom. The number of rotatable bonds is 5. The SMILES string of the molecule is COc1cccnc1C(O)C(OC)c1ccccc1. The first kappa shape index (κ1) is 13.5. The normalized spacial score (nSPS) is 13.8. The van der Waals surface area contributed by atoms with Gasteiger partial charge in [-0.3, -0.25) is 4.98 Å². The lowest BCUT2D eigenvalue weighted by atomic mass is 10.0. The summed E-state index contributed by atoms with van der Waals surface area (Å²) in [6, 6.07) is 13.1. The highest BCUT2D eigenvalue weighted by Gasteiger charge is 2.26. The standard InChI is InChI=1S/C15H17NO3/c1-18-12-9-6-10-16-13(12)14(17)15(19-2)11-7-4-3-5-8-11/h3-10,14-15,17H,1-2H3. The van der Waals surface area contributed by atoms with Gasteiger partial charge < -0.3 is 14.6 Å². The number of aliphatic hydroxyl groups is 1. The van der Waals surface area contributed by atoms with Gasteiger partial charge in [-0.25, -0.2) is 0 Å². The van der Waals surface area contributed by atoms with E-state index in [0.29, 0.717) is 11.4 Å². The number of nitrogens with zero attached hydrogens (tertiary/aromatic N) is 1. The maximum Gasteiger partial charge on any atom is 0.143 e. The van der Waals surface area contributed by atoms with Gasteiger partial charge >= 0.3 is 0 Å². The van der Waals surface area contributed by atoms with E-state index in [9.17, 15) is 5.11 Å². The van der Waals surface area contributed by atoms with Crippen molar-refractivity contribution < 1.29 is 14.6 Å². The molecule has 0 aliphatic heterocycles. The van der Waals surface area contributed by atoms with E-state index < -0.39 is 12.2 Å². The van der Waals surface area contributed by atoms with Crippen LogP contribution in [-0.4, -0.2) is 24.3 Å². The number of ether oxygens (including phenoxy) is 2. The van der Waals surface area contributed by atoms with Gasteiger partial charge in [0.1, 0.15) is 23.7 Å². The van der Waals surface area contributed by atoms with Gasteiger partial charge in [-0.05, 0) is 17.7 Å². The molecule has 19 heavy (non-hydrogen) atoms. The summed E-state index contributed by atoms with van der Waals surface area (Å²) in [7, 11) is 3.12. The fourth-order valence-electron chi connectivity index (χ4n) is 2.03. The Kier molecular flexibility index (Phi) is 4.49. The molecule has 0 spiro atoms. The molecule has 0 saturated carbocycles. The van der Waals surface area contributed by atoms with Crippen molar-refractivity contribution in [2.45, 2.75) is 12.2 Å². The molecule has 0 fully saturated rings. The van der Waals surface area contributed by atoms with Crippen molar-refractivity contribution in [3.8, 4) is 5.75 Å². The summed E-state index contributed by atoms with van der Waals surface area (Å²) in [5.41, 5.74) is 1.37. The number of pyridine rings is 1. The van der Waals surface area contributed by atoms with Gasteiger partial charge in [-0.15, -0.1) is 0 Å². The molecule has 1 aromatic heterocycles. The number of aromatic nitrogens is 1. The highest BCUT2D eigenvalue weighted by atomic mass is 16.5. The second-order valence-electron chi connectivity index (χ2n) is 4.10. The van der Waals surface area contributed by atoms with E-state index in [-0.39, 0.29) is 0 Å². The van der Waals surface area contributed by atoms with Gasteiger partial charge in [0.05, 0.1) is 7.11 Å². The van der Waals surface area contributed by atoms with Crippen LogP contribution in [0.5, 0.6) is 5.75 Å². The predicted molar refractivity (Wildman–Crippen MR) is 71.9 cm³/mol. The smallest absolute Gasteiger partial charge is 0.143 e. The van der Waals surface area contributed by atoms with E-state index >= 15 is 0 Å². The highest BCUT2D eigenvalue weighted by Crippen LogP contribution is 2.34. The Balaban J connectivity index is 2.33. The average molecular weight is 259 g/mol. The van der Waals surface area contributed by atoms with E-state index in [2.05, 4.69) is 4.98 Å². The number of aliphatic hydroxyl groups excluding tert-OH is 1. The van der Waals surface area contributed by atoms with Crippen LogP contribution >= 0.6 is 0 Å². The molecule has 4 heteroatoms. The van der Waals surface area contributed by atoms with Crippen molar-refractivity contribution in [1.29, 1.82) is 0 Å². The first-order valence-electron chi connectivity index (χ1n) is 6.02. The van der Waals surface area contributed by atoms with Crippen LogP contribution in [0.3, 0.4) is 0 Å². The van der Waals surface area contributed by atoms with Gasteiger partial charge in [0.15, 0.2) is 0 Å². The number of hydrogen-bond acceptors (Lipinski definition) is 4. The summed E-state index contributed by atoms with van der Waals surface area (Å²) in [5, 5.41) is 10.5. The third-order valence-corrected chi connectivity index (χ3v) is 2.97. The summed E-state index contributed by atoms with van der Waals surface area (Å²) >= 11 is 0. The lowest BCUT2D eigenvalue weighted by molar-refractivity contribution is -0.0181. The zero-order valence-electron chi connectivity index (χ0n) is 11.0. The molecule has 0 amide bonds. The summed E-state index contributed by atoms with van der Waals surface area (Å²) in [6.07, 6.45) is 0.257. The minimum absolute atomic E-state index is 0.473. The van der Waals surface area contributed by atoms with Crippen LogP contribution in [0.1, 0.15) is 23.5 Å². The number of methoxy groups -OCH3 is 2. The highest BCUT2D eigenvalue weighted by molar-refractivity contribution is 5.31. The summed E-state index contributed by atoms with van der Waals surface area (Å²) < 4.78 is 10.6. The maximum absolute atomic E-state index is 10.5. The van der Waals surface area contributed by atoms with E-state index in [0.717, 1.165) is 5.56 Å². The molecular weight excluding hydrogens is 242 g/mol. The fraction of sp³-hybridized carbons (Fsp3) is 0.267. The summed E-state index contributed by atoms with van der Waals surface area (Å²) in [5.74, 6) is 0.549. The first-order chi connectivity index (χ1) is 9.27. The van der Waals surface area contributed by atoms with Crippen molar-refractivity contribution in [2.75, 3.05) is 14.2 Å². The second kappa shape index (κ2) is 6.31. The van der Waals surface area contributed by atoms with Crippen LogP contribution in [-0.2, 0) is 4.74 Å². The van der Waals surface area contributed by atoms with Crippen molar-refractivity contribution >= 4 is 0 Å². The van der Waals surface area contributed by atoms with Crippen LogP contribution in [0, 0.1) is 0 Å². The molecule has 1 heterocycles. The minimum Gasteiger partial charge on any atom is -0.495 e. The van der Waals surface area contributed by atoms with Crippen LogP contribution in [0.15, 0.2) is 48.7 Å². The molecule has 2 atom stereocenters. The van der Waals surface area contributed by atoms with E-state index in [1.807, 2.05) is 30.3 Å². The van der Waals surface area contributed by atoms with E-state index in [1.54, 1.807) is 32.5 Å². The lowest BCUT2D eigenvalue weighted by Crippen LogP contribution is -2.15. The Morgan fingerprint density at radius 2 is 1.79 bits per heavy atom. The average Bonchev–Trinajstić information content (AvgIpc) is 2.49. The molecule has 100 valence electrons. The van der Waals surface area contributed by atoms with Crippen molar-refractivity contribution in [2.24, 2.45) is 0 Å². The zero-order chi connectivity index (χ0) is 13.7. The van der Waals surface area contributed by atoms with Gasteiger partial charge in [0, 0.05) is 13.3 Å². The number of benzene rings is 1. The molecule has 2 unspecified atom stereocenters. The Labute approximate surface area is 112 Å². The van der Waals surface area contributed by atoms with Crippen LogP contribution < -0.4 is 4.74 Å². The molecule has 0 aliphatic rings. The molecule has 1 aromatic carbocycles. The third-order valence-electron chi connectivity index (χ3n) is 2.97. The second-order valence-corrected chi connectivity index (χ2v) is 4.10. The number of hydrogen-bond donors (Lipinski definition) is 1. The Morgan fingerprint density at radius 1 is 1.05 bits per heavy atom. The molecule has 0 radical (unpaired) electrons. The maximum atomic E-state index is 10.5. The quantitative estimate of drug-likeness (QED) is 0.896. The topological polar surface area (TPSA) is 51.6 Å². The Bertz CT molecular complexity index is 516. The molecule has 0 bridgehead atoms. The molecule has 0 saturated heterocycles. The summed E-state index contributed by atoms with van der Waals surface area (Å²) in [4.78, 5) is 4.19. The Hall–Kier alpha value is -1.91. The molecule has 4 nitrogen and oxygen atoms in total. The van der Waals surface area contributed by atoms with Crippen LogP contribution in [0.4, 0.5) is 0 Å². The third kappa shape index (κ3) is 2.92. The first-order valence-corrected chi connectivity index (χ1v) is 6.02. The zero-order valence-corrected chi connectivity index (χ0v) is 11.0. The lowest BCUT2D eigenvalue weighted by Gasteiger charge is -2.22. The molecule has 2 aromatic rings. The molecule has 2 rings (SSSR count). The largest absolute Gasteiger partial charge is 0.495 e. The van der Waals surface area contributed by atoms with E-state index in [1.165, 1.54) is 0 Å². The molecule has 1 N–H and O–H groups in total.